The molecule has 9 aromatic rings. The average Bonchev–Trinajstić information content (AvgIpc) is 3.57. The third kappa shape index (κ3) is 3.07. The molecule has 0 atom stereocenters. The van der Waals surface area contributed by atoms with Gasteiger partial charge in [-0.25, -0.2) is 0 Å². The van der Waals surface area contributed by atoms with E-state index < -0.39 is 0 Å². The fourth-order valence-corrected chi connectivity index (χ4v) is 6.35. The highest BCUT2D eigenvalue weighted by Gasteiger charge is 2.20. The van der Waals surface area contributed by atoms with Crippen LogP contribution in [0.3, 0.4) is 0 Å². The number of hydrogen-bond donors (Lipinski definition) is 0. The summed E-state index contributed by atoms with van der Waals surface area (Å²) in [6.45, 7) is 0. The molecule has 41 heavy (non-hydrogen) atoms. The Morgan fingerprint density at radius 1 is 0.488 bits per heavy atom. The molecule has 4 nitrogen and oxygen atoms in total. The summed E-state index contributed by atoms with van der Waals surface area (Å²) in [5.74, 6) is 0. The Morgan fingerprint density at radius 2 is 1.20 bits per heavy atom. The van der Waals surface area contributed by atoms with E-state index in [4.69, 9.17) is 8.83 Å². The number of aromatic nitrogens is 1. The highest BCUT2D eigenvalue weighted by molar-refractivity contribution is 6.21. The Kier molecular flexibility index (Phi) is 4.44. The fraction of sp³-hybridized carbons (Fsp3) is 0. The van der Waals surface area contributed by atoms with Gasteiger partial charge in [-0.05, 0) is 48.0 Å². The van der Waals surface area contributed by atoms with E-state index in [0.717, 1.165) is 60.6 Å². The van der Waals surface area contributed by atoms with Crippen molar-refractivity contribution < 1.29 is 8.83 Å². The van der Waals surface area contributed by atoms with E-state index in [1.54, 1.807) is 0 Å². The Labute approximate surface area is 233 Å². The van der Waals surface area contributed by atoms with Crippen LogP contribution in [0.15, 0.2) is 141 Å². The van der Waals surface area contributed by atoms with Crippen LogP contribution in [-0.4, -0.2) is 4.57 Å². The molecule has 0 amide bonds. The van der Waals surface area contributed by atoms with Crippen molar-refractivity contribution in [3.8, 4) is 16.8 Å². The van der Waals surface area contributed by atoms with Crippen molar-refractivity contribution >= 4 is 65.7 Å². The maximum Gasteiger partial charge on any atom is 0.200 e. The largest absolute Gasteiger partial charge is 0.455 e. The minimum absolute atomic E-state index is 0.0458. The zero-order chi connectivity index (χ0) is 27.1. The van der Waals surface area contributed by atoms with Gasteiger partial charge < -0.3 is 13.4 Å². The Balaban J connectivity index is 1.37. The van der Waals surface area contributed by atoms with E-state index in [9.17, 15) is 4.79 Å². The molecule has 0 unspecified atom stereocenters. The van der Waals surface area contributed by atoms with Gasteiger partial charge in [-0.15, -0.1) is 0 Å². The van der Waals surface area contributed by atoms with Crippen molar-refractivity contribution in [2.45, 2.75) is 0 Å². The summed E-state index contributed by atoms with van der Waals surface area (Å²) in [6, 6.07) is 42.5. The molecule has 0 saturated carbocycles. The molecule has 0 radical (unpaired) electrons. The monoisotopic (exact) mass is 527 g/mol. The molecule has 4 heteroatoms. The number of benzene rings is 6. The second kappa shape index (κ2) is 8.20. The van der Waals surface area contributed by atoms with E-state index in [1.165, 1.54) is 0 Å². The summed E-state index contributed by atoms with van der Waals surface area (Å²) in [5, 5.41) is 5.49. The van der Waals surface area contributed by atoms with E-state index in [-0.39, 0.29) is 5.43 Å². The Bertz CT molecular complexity index is 2550. The summed E-state index contributed by atoms with van der Waals surface area (Å²) in [6.07, 6.45) is 0. The second-order valence-electron chi connectivity index (χ2n) is 10.4. The lowest BCUT2D eigenvalue weighted by Crippen LogP contribution is -2.04. The lowest BCUT2D eigenvalue weighted by Gasteiger charge is -2.11. The molecule has 3 heterocycles. The molecule has 0 aliphatic rings. The molecular weight excluding hydrogens is 506 g/mol. The minimum atomic E-state index is -0.0458. The van der Waals surface area contributed by atoms with Gasteiger partial charge in [0.15, 0.2) is 5.58 Å². The number of hydrogen-bond acceptors (Lipinski definition) is 3. The maximum absolute atomic E-state index is 14.0. The highest BCUT2D eigenvalue weighted by atomic mass is 16.3. The molecule has 3 aromatic heterocycles. The van der Waals surface area contributed by atoms with Gasteiger partial charge in [-0.2, -0.15) is 0 Å². The van der Waals surface area contributed by atoms with Crippen molar-refractivity contribution in [1.82, 2.24) is 4.57 Å². The van der Waals surface area contributed by atoms with E-state index >= 15 is 0 Å². The van der Waals surface area contributed by atoms with Crippen LogP contribution in [-0.2, 0) is 0 Å². The molecule has 0 fully saturated rings. The van der Waals surface area contributed by atoms with Crippen molar-refractivity contribution in [3.05, 3.63) is 138 Å². The smallest absolute Gasteiger partial charge is 0.200 e. The lowest BCUT2D eigenvalue weighted by molar-refractivity contribution is 0.661. The summed E-state index contributed by atoms with van der Waals surface area (Å²) >= 11 is 0. The molecule has 0 aliphatic carbocycles. The van der Waals surface area contributed by atoms with Crippen LogP contribution in [0.1, 0.15) is 0 Å². The van der Waals surface area contributed by atoms with Crippen molar-refractivity contribution in [2.24, 2.45) is 0 Å². The zero-order valence-corrected chi connectivity index (χ0v) is 21.8. The standard InChI is InChI=1S/C37H21NO3/c39-35-29-14-8-13-24(22-9-2-1-3-10-22)36(29)40-33-20-17-23(21-30(33)35)38-31-15-6-4-11-25(31)27-18-19-28-26-12-5-7-16-32(26)41-37(28)34(27)38/h1-21H. The lowest BCUT2D eigenvalue weighted by atomic mass is 10.0. The maximum atomic E-state index is 14.0. The second-order valence-corrected chi connectivity index (χ2v) is 10.4. The minimum Gasteiger partial charge on any atom is -0.455 e. The SMILES string of the molecule is O=c1c2cc(-n3c4ccccc4c4ccc5c6ccccc6oc5c43)ccc2oc2c(-c3ccccc3)cccc12. The van der Waals surface area contributed by atoms with Crippen LogP contribution in [0, 0.1) is 0 Å². The molecule has 0 bridgehead atoms. The van der Waals surface area contributed by atoms with Gasteiger partial charge in [0.25, 0.3) is 0 Å². The predicted molar refractivity (Wildman–Crippen MR) is 167 cm³/mol. The number of fused-ring (bicyclic) bond motifs is 9. The van der Waals surface area contributed by atoms with Gasteiger partial charge in [0.2, 0.25) is 5.43 Å². The summed E-state index contributed by atoms with van der Waals surface area (Å²) in [5.41, 5.74) is 7.62. The topological polar surface area (TPSA) is 48.3 Å². The van der Waals surface area contributed by atoms with Crippen LogP contribution in [0.4, 0.5) is 0 Å². The van der Waals surface area contributed by atoms with Gasteiger partial charge in [0.1, 0.15) is 16.7 Å². The van der Waals surface area contributed by atoms with Crippen LogP contribution in [0.25, 0.3) is 82.5 Å². The van der Waals surface area contributed by atoms with Crippen molar-refractivity contribution in [3.63, 3.8) is 0 Å². The molecule has 0 spiro atoms. The predicted octanol–water partition coefficient (Wildman–Crippen LogP) is 9.61. The quantitative estimate of drug-likeness (QED) is 0.210. The van der Waals surface area contributed by atoms with Gasteiger partial charge in [-0.3, -0.25) is 4.79 Å². The summed E-state index contributed by atoms with van der Waals surface area (Å²) in [4.78, 5) is 14.0. The van der Waals surface area contributed by atoms with E-state index in [0.29, 0.717) is 21.9 Å². The van der Waals surface area contributed by atoms with Crippen molar-refractivity contribution in [1.29, 1.82) is 0 Å². The van der Waals surface area contributed by atoms with E-state index in [2.05, 4.69) is 41.0 Å². The van der Waals surface area contributed by atoms with Crippen molar-refractivity contribution in [2.75, 3.05) is 0 Å². The number of rotatable bonds is 2. The Morgan fingerprint density at radius 3 is 2.10 bits per heavy atom. The normalized spacial score (nSPS) is 12.0. The fourth-order valence-electron chi connectivity index (χ4n) is 6.35. The first-order valence-electron chi connectivity index (χ1n) is 13.6. The zero-order valence-electron chi connectivity index (χ0n) is 21.8. The molecule has 0 aliphatic heterocycles. The molecular formula is C37H21NO3. The third-order valence-electron chi connectivity index (χ3n) is 8.20. The average molecular weight is 528 g/mol. The van der Waals surface area contributed by atoms with Gasteiger partial charge in [0, 0.05) is 32.8 Å². The first-order valence-corrected chi connectivity index (χ1v) is 13.6. The van der Waals surface area contributed by atoms with Crippen LogP contribution >= 0.6 is 0 Å². The molecule has 192 valence electrons. The van der Waals surface area contributed by atoms with Crippen LogP contribution in [0.5, 0.6) is 0 Å². The van der Waals surface area contributed by atoms with E-state index in [1.807, 2.05) is 91.0 Å². The summed E-state index contributed by atoms with van der Waals surface area (Å²) in [7, 11) is 0. The van der Waals surface area contributed by atoms with Crippen LogP contribution in [0.2, 0.25) is 0 Å². The molecule has 0 saturated heterocycles. The Hall–Kier alpha value is -5.61. The highest BCUT2D eigenvalue weighted by Crippen LogP contribution is 2.40. The van der Waals surface area contributed by atoms with Gasteiger partial charge in [-0.1, -0.05) is 84.9 Å². The van der Waals surface area contributed by atoms with Gasteiger partial charge >= 0.3 is 0 Å². The summed E-state index contributed by atoms with van der Waals surface area (Å²) < 4.78 is 15.1. The molecule has 0 N–H and O–H groups in total. The van der Waals surface area contributed by atoms with Crippen LogP contribution < -0.4 is 5.43 Å². The number of nitrogens with zero attached hydrogens (tertiary/aromatic N) is 1. The number of furan rings is 1. The third-order valence-corrected chi connectivity index (χ3v) is 8.20. The first kappa shape index (κ1) is 22.2. The van der Waals surface area contributed by atoms with Gasteiger partial charge in [0.05, 0.1) is 21.8 Å². The number of para-hydroxylation sites is 3. The first-order chi connectivity index (χ1) is 20.3. The molecule has 9 rings (SSSR count). The molecule has 6 aromatic carbocycles.